The van der Waals surface area contributed by atoms with Crippen LogP contribution in [0.2, 0.25) is 0 Å². The summed E-state index contributed by atoms with van der Waals surface area (Å²) >= 11 is 0. The Kier molecular flexibility index (Phi) is 7.72. The second-order valence-electron chi connectivity index (χ2n) is 10.0. The average molecular weight is 462 g/mol. The van der Waals surface area contributed by atoms with Crippen LogP contribution in [0.5, 0.6) is 0 Å². The van der Waals surface area contributed by atoms with Crippen molar-refractivity contribution in [3.63, 3.8) is 0 Å². The first-order chi connectivity index (χ1) is 15.4. The van der Waals surface area contributed by atoms with Gasteiger partial charge < -0.3 is 21.3 Å². The number of rotatable bonds is 7. The number of aliphatic hydroxyl groups is 1. The summed E-state index contributed by atoms with van der Waals surface area (Å²) in [6.07, 6.45) is -0.424. The summed E-state index contributed by atoms with van der Waals surface area (Å²) in [5, 5.41) is 23.5. The molecule has 2 aromatic rings. The van der Waals surface area contributed by atoms with Gasteiger partial charge in [-0.2, -0.15) is 0 Å². The molecule has 1 aliphatic heterocycles. The van der Waals surface area contributed by atoms with E-state index in [-0.39, 0.29) is 24.4 Å². The maximum absolute atomic E-state index is 13.4. The molecule has 6 nitrogen and oxygen atoms in total. The normalized spacial score (nSPS) is 18.0. The molecule has 0 bridgehead atoms. The first-order valence-corrected chi connectivity index (χ1v) is 11.2. The number of nitrogens with two attached hydrogens (primary N) is 1. The molecule has 0 saturated carbocycles. The number of carboxylic acid groups (broad SMARTS) is 1. The lowest BCUT2D eigenvalue weighted by atomic mass is 9.86. The molecule has 0 radical (unpaired) electrons. The molecule has 0 saturated heterocycles. The Morgan fingerprint density at radius 2 is 1.85 bits per heavy atom. The molecule has 1 aliphatic rings. The highest BCUT2D eigenvalue weighted by atomic mass is 19.1. The second kappa shape index (κ2) is 10.2. The number of fused-ring (bicyclic) bond motifs is 1. The van der Waals surface area contributed by atoms with Crippen molar-refractivity contribution in [3.8, 4) is 0 Å². The summed E-state index contributed by atoms with van der Waals surface area (Å²) in [6, 6.07) is 8.19. The highest BCUT2D eigenvalue weighted by Crippen LogP contribution is 2.36. The van der Waals surface area contributed by atoms with Gasteiger partial charge in [-0.15, -0.1) is 0 Å². The van der Waals surface area contributed by atoms with Gasteiger partial charge in [0.1, 0.15) is 11.6 Å². The van der Waals surface area contributed by atoms with Crippen LogP contribution in [0.1, 0.15) is 49.9 Å². The molecule has 1 amide bonds. The van der Waals surface area contributed by atoms with Crippen LogP contribution in [-0.4, -0.2) is 41.5 Å². The van der Waals surface area contributed by atoms with E-state index in [1.807, 2.05) is 18.2 Å². The Morgan fingerprint density at radius 3 is 2.45 bits per heavy atom. The van der Waals surface area contributed by atoms with Crippen LogP contribution in [-0.2, 0) is 12.8 Å². The number of anilines is 1. The standard InChI is InChI=1S/C25H33F2N3O3/c1-25(2,3)13-15-4-5-22-19(10-15)21(6-7-30(22)24(32)33)29-14-23(31)20(28)11-16-8-17(26)12-18(27)9-16/h4-5,8-10,12,20-21,23,29,31H,6-7,11,13-14,28H2,1-3H3,(H,32,33)/t20-,21?,23+/m0/s1. The molecule has 3 atom stereocenters. The van der Waals surface area contributed by atoms with Crippen LogP contribution in [0.3, 0.4) is 0 Å². The molecule has 3 rings (SSSR count). The Morgan fingerprint density at radius 1 is 1.18 bits per heavy atom. The monoisotopic (exact) mass is 461 g/mol. The van der Waals surface area contributed by atoms with Crippen molar-refractivity contribution in [3.05, 3.63) is 64.7 Å². The van der Waals surface area contributed by atoms with Gasteiger partial charge in [-0.3, -0.25) is 4.90 Å². The summed E-state index contributed by atoms with van der Waals surface area (Å²) in [6.45, 7) is 6.94. The molecule has 8 heteroatoms. The molecule has 0 aromatic heterocycles. The molecule has 1 heterocycles. The number of hydrogen-bond acceptors (Lipinski definition) is 4. The van der Waals surface area contributed by atoms with Gasteiger partial charge in [0.05, 0.1) is 11.8 Å². The van der Waals surface area contributed by atoms with Gasteiger partial charge >= 0.3 is 6.09 Å². The van der Waals surface area contributed by atoms with E-state index in [1.54, 1.807) is 0 Å². The number of halogens is 2. The fourth-order valence-corrected chi connectivity index (χ4v) is 4.35. The number of benzene rings is 2. The summed E-state index contributed by atoms with van der Waals surface area (Å²) in [5.41, 5.74) is 9.18. The Bertz CT molecular complexity index is 973. The lowest BCUT2D eigenvalue weighted by Crippen LogP contribution is -2.45. The van der Waals surface area contributed by atoms with Crippen molar-refractivity contribution in [1.29, 1.82) is 0 Å². The van der Waals surface area contributed by atoms with Crippen LogP contribution in [0.4, 0.5) is 19.3 Å². The van der Waals surface area contributed by atoms with Crippen molar-refractivity contribution < 1.29 is 23.8 Å². The number of nitrogens with zero attached hydrogens (tertiary/aromatic N) is 1. The quantitative estimate of drug-likeness (QED) is 0.500. The van der Waals surface area contributed by atoms with Gasteiger partial charge in [0, 0.05) is 31.2 Å². The van der Waals surface area contributed by atoms with E-state index in [2.05, 4.69) is 26.1 Å². The van der Waals surface area contributed by atoms with Crippen LogP contribution in [0, 0.1) is 17.0 Å². The third kappa shape index (κ3) is 6.72. The second-order valence-corrected chi connectivity index (χ2v) is 10.0. The highest BCUT2D eigenvalue weighted by Gasteiger charge is 2.30. The first kappa shape index (κ1) is 25.1. The number of nitrogens with one attached hydrogen (secondary N) is 1. The molecular weight excluding hydrogens is 428 g/mol. The van der Waals surface area contributed by atoms with Crippen LogP contribution < -0.4 is 16.0 Å². The van der Waals surface area contributed by atoms with Crippen LogP contribution >= 0.6 is 0 Å². The summed E-state index contributed by atoms with van der Waals surface area (Å²) in [5.74, 6) is -1.37. The van der Waals surface area contributed by atoms with Gasteiger partial charge in [-0.1, -0.05) is 32.9 Å². The number of carbonyl (C=O) groups is 1. The topological polar surface area (TPSA) is 98.8 Å². The third-order valence-corrected chi connectivity index (χ3v) is 5.83. The predicted octanol–water partition coefficient (Wildman–Crippen LogP) is 4.00. The Labute approximate surface area is 193 Å². The fraction of sp³-hybridized carbons (Fsp3) is 0.480. The van der Waals surface area contributed by atoms with Crippen molar-refractivity contribution in [2.45, 2.75) is 58.2 Å². The molecule has 180 valence electrons. The molecule has 0 fully saturated rings. The first-order valence-electron chi connectivity index (χ1n) is 11.2. The van der Waals surface area contributed by atoms with E-state index in [4.69, 9.17) is 5.73 Å². The minimum atomic E-state index is -0.998. The van der Waals surface area contributed by atoms with E-state index >= 15 is 0 Å². The van der Waals surface area contributed by atoms with Gasteiger partial charge in [0.2, 0.25) is 0 Å². The lowest BCUT2D eigenvalue weighted by molar-refractivity contribution is 0.137. The Hall–Kier alpha value is -2.55. The smallest absolute Gasteiger partial charge is 0.411 e. The minimum Gasteiger partial charge on any atom is -0.465 e. The summed E-state index contributed by atoms with van der Waals surface area (Å²) < 4.78 is 26.9. The van der Waals surface area contributed by atoms with Crippen LogP contribution in [0.15, 0.2) is 36.4 Å². The average Bonchev–Trinajstić information content (AvgIpc) is 2.69. The maximum atomic E-state index is 13.4. The van der Waals surface area contributed by atoms with E-state index < -0.39 is 29.9 Å². The van der Waals surface area contributed by atoms with Crippen molar-refractivity contribution in [2.75, 3.05) is 18.0 Å². The van der Waals surface area contributed by atoms with Crippen molar-refractivity contribution in [1.82, 2.24) is 5.32 Å². The minimum absolute atomic E-state index is 0.0810. The molecule has 33 heavy (non-hydrogen) atoms. The number of aliphatic hydroxyl groups excluding tert-OH is 1. The molecule has 1 unspecified atom stereocenters. The number of hydrogen-bond donors (Lipinski definition) is 4. The van der Waals surface area contributed by atoms with E-state index in [0.717, 1.165) is 23.6 Å². The molecule has 0 aliphatic carbocycles. The highest BCUT2D eigenvalue weighted by molar-refractivity contribution is 5.88. The van der Waals surface area contributed by atoms with Gasteiger partial charge in [0.15, 0.2) is 0 Å². The van der Waals surface area contributed by atoms with Gasteiger partial charge in [-0.05, 0) is 59.6 Å². The van der Waals surface area contributed by atoms with Gasteiger partial charge in [-0.25, -0.2) is 13.6 Å². The molecule has 2 aromatic carbocycles. The predicted molar refractivity (Wildman–Crippen MR) is 124 cm³/mol. The van der Waals surface area contributed by atoms with Crippen molar-refractivity contribution in [2.24, 2.45) is 11.1 Å². The van der Waals surface area contributed by atoms with E-state index in [1.165, 1.54) is 17.0 Å². The molecular formula is C25H33F2N3O3. The number of amides is 1. The Balaban J connectivity index is 1.71. The van der Waals surface area contributed by atoms with Gasteiger partial charge in [0.25, 0.3) is 0 Å². The van der Waals surface area contributed by atoms with E-state index in [0.29, 0.717) is 24.2 Å². The summed E-state index contributed by atoms with van der Waals surface area (Å²) in [7, 11) is 0. The molecule has 5 N–H and O–H groups in total. The zero-order valence-corrected chi connectivity index (χ0v) is 19.3. The zero-order valence-electron chi connectivity index (χ0n) is 19.3. The maximum Gasteiger partial charge on any atom is 0.411 e. The molecule has 0 spiro atoms. The lowest BCUT2D eigenvalue weighted by Gasteiger charge is -2.34. The zero-order chi connectivity index (χ0) is 24.3. The fourth-order valence-electron chi connectivity index (χ4n) is 4.35. The van der Waals surface area contributed by atoms with Crippen LogP contribution in [0.25, 0.3) is 0 Å². The van der Waals surface area contributed by atoms with Crippen molar-refractivity contribution >= 4 is 11.8 Å². The third-order valence-electron chi connectivity index (χ3n) is 5.83. The summed E-state index contributed by atoms with van der Waals surface area (Å²) in [4.78, 5) is 13.1. The van der Waals surface area contributed by atoms with E-state index in [9.17, 15) is 23.8 Å². The SMILES string of the molecule is CC(C)(C)Cc1ccc2c(c1)C(NC[C@@H](O)[C@@H](N)Cc1cc(F)cc(F)c1)CCN2C(=O)O. The largest absolute Gasteiger partial charge is 0.465 e.